The van der Waals surface area contributed by atoms with Crippen LogP contribution in [-0.4, -0.2) is 19.4 Å². The Kier molecular flexibility index (Phi) is 5.12. The lowest BCUT2D eigenvalue weighted by molar-refractivity contribution is 0.282. The largest absolute Gasteiger partial charge is 0.325 e. The predicted molar refractivity (Wildman–Crippen MR) is 78.5 cm³/mol. The number of pyridine rings is 1. The number of nitrogens with one attached hydrogen (secondary N) is 1. The summed E-state index contributed by atoms with van der Waals surface area (Å²) in [4.78, 5) is 4.27. The van der Waals surface area contributed by atoms with Gasteiger partial charge in [0, 0.05) is 18.8 Å². The Morgan fingerprint density at radius 1 is 1.35 bits per heavy atom. The fourth-order valence-electron chi connectivity index (χ4n) is 2.81. The molecule has 1 saturated carbocycles. The number of sulfonamides is 1. The van der Waals surface area contributed by atoms with Crippen LogP contribution in [0.3, 0.4) is 0 Å². The second-order valence-electron chi connectivity index (χ2n) is 5.37. The highest BCUT2D eigenvalue weighted by Crippen LogP contribution is 2.28. The summed E-state index contributed by atoms with van der Waals surface area (Å²) in [6.07, 6.45) is 6.71. The van der Waals surface area contributed by atoms with E-state index in [0.29, 0.717) is 18.2 Å². The first-order valence-corrected chi connectivity index (χ1v) is 8.72. The molecule has 112 valence electrons. The molecule has 0 bridgehead atoms. The first kappa shape index (κ1) is 15.4. The van der Waals surface area contributed by atoms with E-state index in [9.17, 15) is 8.42 Å². The van der Waals surface area contributed by atoms with E-state index in [2.05, 4.69) is 16.6 Å². The maximum absolute atomic E-state index is 12.4. The van der Waals surface area contributed by atoms with Crippen molar-refractivity contribution in [1.29, 1.82) is 0 Å². The number of nitrogens with two attached hydrogens (primary N) is 1. The number of rotatable bonds is 5. The van der Waals surface area contributed by atoms with Crippen molar-refractivity contribution in [2.45, 2.75) is 56.5 Å². The van der Waals surface area contributed by atoms with Gasteiger partial charge in [0.2, 0.25) is 10.0 Å². The van der Waals surface area contributed by atoms with E-state index >= 15 is 0 Å². The zero-order chi connectivity index (χ0) is 14.6. The van der Waals surface area contributed by atoms with Crippen LogP contribution in [0, 0.1) is 5.92 Å². The SMILES string of the molecule is CCC1CCCCC1NS(=O)(=O)c1ccc(CN)nc1. The molecule has 0 radical (unpaired) electrons. The molecule has 0 spiro atoms. The monoisotopic (exact) mass is 297 g/mol. The lowest BCUT2D eigenvalue weighted by Gasteiger charge is -2.31. The van der Waals surface area contributed by atoms with E-state index in [0.717, 1.165) is 25.7 Å². The van der Waals surface area contributed by atoms with Crippen LogP contribution in [0.2, 0.25) is 0 Å². The fourth-order valence-corrected chi connectivity index (χ4v) is 4.09. The van der Waals surface area contributed by atoms with Gasteiger partial charge < -0.3 is 5.73 Å². The zero-order valence-electron chi connectivity index (χ0n) is 11.9. The van der Waals surface area contributed by atoms with Crippen LogP contribution in [0.1, 0.15) is 44.7 Å². The highest BCUT2D eigenvalue weighted by molar-refractivity contribution is 7.89. The number of hydrogen-bond acceptors (Lipinski definition) is 4. The highest BCUT2D eigenvalue weighted by atomic mass is 32.2. The molecular formula is C14H23N3O2S. The molecule has 5 nitrogen and oxygen atoms in total. The normalized spacial score (nSPS) is 23.7. The first-order valence-electron chi connectivity index (χ1n) is 7.24. The number of nitrogens with zero attached hydrogens (tertiary/aromatic N) is 1. The van der Waals surface area contributed by atoms with Gasteiger partial charge in [0.15, 0.2) is 0 Å². The van der Waals surface area contributed by atoms with Gasteiger partial charge in [-0.05, 0) is 30.9 Å². The Hall–Kier alpha value is -0.980. The minimum absolute atomic E-state index is 0.0490. The lowest BCUT2D eigenvalue weighted by atomic mass is 9.83. The minimum atomic E-state index is -3.48. The number of hydrogen-bond donors (Lipinski definition) is 2. The van der Waals surface area contributed by atoms with Crippen LogP contribution in [0.25, 0.3) is 0 Å². The molecule has 1 aromatic heterocycles. The minimum Gasteiger partial charge on any atom is -0.325 e. The quantitative estimate of drug-likeness (QED) is 0.867. The van der Waals surface area contributed by atoms with Crippen molar-refractivity contribution in [3.8, 4) is 0 Å². The standard InChI is InChI=1S/C14H23N3O2S/c1-2-11-5-3-4-6-14(11)17-20(18,19)13-8-7-12(9-15)16-10-13/h7-8,10-11,14,17H,2-6,9,15H2,1H3. The van der Waals surface area contributed by atoms with Gasteiger partial charge in [-0.25, -0.2) is 13.1 Å². The van der Waals surface area contributed by atoms with E-state index in [4.69, 9.17) is 5.73 Å². The first-order chi connectivity index (χ1) is 9.56. The molecule has 1 aliphatic rings. The van der Waals surface area contributed by atoms with Gasteiger partial charge >= 0.3 is 0 Å². The summed E-state index contributed by atoms with van der Waals surface area (Å²) in [5.74, 6) is 0.440. The molecule has 0 aromatic carbocycles. The molecule has 0 saturated heterocycles. The highest BCUT2D eigenvalue weighted by Gasteiger charge is 2.28. The molecule has 0 aliphatic heterocycles. The van der Waals surface area contributed by atoms with Crippen molar-refractivity contribution in [3.05, 3.63) is 24.0 Å². The van der Waals surface area contributed by atoms with E-state index in [1.54, 1.807) is 12.1 Å². The van der Waals surface area contributed by atoms with Gasteiger partial charge in [-0.15, -0.1) is 0 Å². The van der Waals surface area contributed by atoms with Gasteiger partial charge in [0.25, 0.3) is 0 Å². The molecule has 6 heteroatoms. The Morgan fingerprint density at radius 3 is 2.70 bits per heavy atom. The summed E-state index contributed by atoms with van der Waals surface area (Å²) in [5, 5.41) is 0. The summed E-state index contributed by atoms with van der Waals surface area (Å²) in [5.41, 5.74) is 6.16. The molecular weight excluding hydrogens is 274 g/mol. The van der Waals surface area contributed by atoms with Crippen LogP contribution in [0.4, 0.5) is 0 Å². The number of aromatic nitrogens is 1. The summed E-state index contributed by atoms with van der Waals surface area (Å²) in [7, 11) is -3.48. The van der Waals surface area contributed by atoms with Crippen LogP contribution < -0.4 is 10.5 Å². The second-order valence-corrected chi connectivity index (χ2v) is 7.08. The Labute approximate surface area is 121 Å². The predicted octanol–water partition coefficient (Wildman–Crippen LogP) is 1.79. The Balaban J connectivity index is 2.12. The maximum atomic E-state index is 12.4. The average Bonchev–Trinajstić information content (AvgIpc) is 2.47. The summed E-state index contributed by atoms with van der Waals surface area (Å²) >= 11 is 0. The molecule has 0 amide bonds. The smallest absolute Gasteiger partial charge is 0.242 e. The van der Waals surface area contributed by atoms with Gasteiger partial charge in [0.1, 0.15) is 4.90 Å². The average molecular weight is 297 g/mol. The van der Waals surface area contributed by atoms with Gasteiger partial charge in [-0.2, -0.15) is 0 Å². The van der Waals surface area contributed by atoms with E-state index in [1.165, 1.54) is 12.6 Å². The topological polar surface area (TPSA) is 85.1 Å². The molecule has 2 rings (SSSR count). The van der Waals surface area contributed by atoms with Crippen molar-refractivity contribution < 1.29 is 8.42 Å². The fraction of sp³-hybridized carbons (Fsp3) is 0.643. The van der Waals surface area contributed by atoms with Crippen LogP contribution in [0.5, 0.6) is 0 Å². The van der Waals surface area contributed by atoms with E-state index < -0.39 is 10.0 Å². The van der Waals surface area contributed by atoms with Crippen molar-refractivity contribution >= 4 is 10.0 Å². The molecule has 1 fully saturated rings. The van der Waals surface area contributed by atoms with E-state index in [-0.39, 0.29) is 10.9 Å². The van der Waals surface area contributed by atoms with Crippen molar-refractivity contribution in [2.75, 3.05) is 0 Å². The third-order valence-electron chi connectivity index (χ3n) is 4.06. The van der Waals surface area contributed by atoms with Crippen LogP contribution in [0.15, 0.2) is 23.2 Å². The molecule has 20 heavy (non-hydrogen) atoms. The lowest BCUT2D eigenvalue weighted by Crippen LogP contribution is -2.41. The van der Waals surface area contributed by atoms with Gasteiger partial charge in [0.05, 0.1) is 5.69 Å². The zero-order valence-corrected chi connectivity index (χ0v) is 12.7. The second kappa shape index (κ2) is 6.65. The van der Waals surface area contributed by atoms with Crippen LogP contribution in [-0.2, 0) is 16.6 Å². The van der Waals surface area contributed by atoms with Gasteiger partial charge in [-0.3, -0.25) is 4.98 Å². The molecule has 3 N–H and O–H groups in total. The van der Waals surface area contributed by atoms with Crippen molar-refractivity contribution in [2.24, 2.45) is 11.7 Å². The third-order valence-corrected chi connectivity index (χ3v) is 5.53. The summed E-state index contributed by atoms with van der Waals surface area (Å²) < 4.78 is 27.6. The Morgan fingerprint density at radius 2 is 2.10 bits per heavy atom. The van der Waals surface area contributed by atoms with Crippen LogP contribution >= 0.6 is 0 Å². The molecule has 2 unspecified atom stereocenters. The summed E-state index contributed by atoms with van der Waals surface area (Å²) in [6.45, 7) is 2.43. The van der Waals surface area contributed by atoms with Gasteiger partial charge in [-0.1, -0.05) is 26.2 Å². The molecule has 1 heterocycles. The maximum Gasteiger partial charge on any atom is 0.242 e. The molecule has 1 aliphatic carbocycles. The van der Waals surface area contributed by atoms with Crippen molar-refractivity contribution in [3.63, 3.8) is 0 Å². The molecule has 2 atom stereocenters. The third kappa shape index (κ3) is 3.56. The van der Waals surface area contributed by atoms with Crippen molar-refractivity contribution in [1.82, 2.24) is 9.71 Å². The van der Waals surface area contributed by atoms with E-state index in [1.807, 2.05) is 0 Å². The molecule has 1 aromatic rings. The Bertz CT molecular complexity index is 528. The summed E-state index contributed by atoms with van der Waals surface area (Å²) in [6, 6.07) is 3.28.